The second kappa shape index (κ2) is 5.12. The first-order valence-corrected chi connectivity index (χ1v) is 8.05. The average Bonchev–Trinajstić information content (AvgIpc) is 2.49. The minimum atomic E-state index is -0.121. The summed E-state index contributed by atoms with van der Waals surface area (Å²) in [5.41, 5.74) is 2.52. The van der Waals surface area contributed by atoms with Crippen molar-refractivity contribution in [3.8, 4) is 5.75 Å². The van der Waals surface area contributed by atoms with Crippen LogP contribution in [0.5, 0.6) is 5.75 Å². The second-order valence-electron chi connectivity index (χ2n) is 7.16. The topological polar surface area (TPSA) is 42.2 Å². The van der Waals surface area contributed by atoms with Crippen molar-refractivity contribution < 1.29 is 5.11 Å². The van der Waals surface area contributed by atoms with Crippen LogP contribution in [0.15, 0.2) is 35.1 Å². The maximum atomic E-state index is 13.0. The highest BCUT2D eigenvalue weighted by atomic mass is 16.3. The number of pyridine rings is 1. The maximum absolute atomic E-state index is 13.0. The normalized spacial score (nSPS) is 12.2. The van der Waals surface area contributed by atoms with Crippen molar-refractivity contribution in [1.29, 1.82) is 0 Å². The van der Waals surface area contributed by atoms with Gasteiger partial charge in [0.1, 0.15) is 5.75 Å². The first-order chi connectivity index (χ1) is 10.8. The molecule has 3 nitrogen and oxygen atoms in total. The summed E-state index contributed by atoms with van der Waals surface area (Å²) >= 11 is 0. The van der Waals surface area contributed by atoms with Gasteiger partial charge < -0.3 is 9.67 Å². The molecule has 120 valence electrons. The van der Waals surface area contributed by atoms with Crippen LogP contribution in [0.25, 0.3) is 21.7 Å². The Kier molecular flexibility index (Phi) is 3.47. The van der Waals surface area contributed by atoms with Gasteiger partial charge in [0.05, 0.1) is 10.9 Å². The van der Waals surface area contributed by atoms with E-state index in [-0.39, 0.29) is 16.7 Å². The number of aromatic nitrogens is 1. The van der Waals surface area contributed by atoms with Gasteiger partial charge in [-0.05, 0) is 36.5 Å². The van der Waals surface area contributed by atoms with Crippen molar-refractivity contribution in [2.75, 3.05) is 0 Å². The van der Waals surface area contributed by atoms with Crippen molar-refractivity contribution in [3.05, 3.63) is 51.8 Å². The number of rotatable bonds is 1. The predicted octanol–water partition coefficient (Wildman–Crippen LogP) is 4.49. The fourth-order valence-corrected chi connectivity index (χ4v) is 3.37. The Morgan fingerprint density at radius 3 is 2.39 bits per heavy atom. The molecular weight excluding hydrogens is 286 g/mol. The lowest BCUT2D eigenvalue weighted by Gasteiger charge is -2.24. The zero-order valence-corrected chi connectivity index (χ0v) is 14.4. The smallest absolute Gasteiger partial charge is 0.262 e. The number of fused-ring (bicyclic) bond motifs is 3. The van der Waals surface area contributed by atoms with E-state index < -0.39 is 0 Å². The number of phenolic OH excluding ortho intramolecular Hbond substituents is 1. The Morgan fingerprint density at radius 2 is 1.78 bits per heavy atom. The molecule has 3 aromatic rings. The summed E-state index contributed by atoms with van der Waals surface area (Å²) < 4.78 is 1.74. The fourth-order valence-electron chi connectivity index (χ4n) is 3.37. The van der Waals surface area contributed by atoms with Crippen LogP contribution in [-0.2, 0) is 12.0 Å². The van der Waals surface area contributed by atoms with Crippen molar-refractivity contribution in [1.82, 2.24) is 4.57 Å². The van der Waals surface area contributed by atoms with Gasteiger partial charge in [-0.1, -0.05) is 45.0 Å². The summed E-state index contributed by atoms with van der Waals surface area (Å²) in [4.78, 5) is 13.0. The number of nitrogens with zero attached hydrogens (tertiary/aromatic N) is 1. The number of benzene rings is 2. The van der Waals surface area contributed by atoms with Gasteiger partial charge in [0.25, 0.3) is 5.56 Å². The van der Waals surface area contributed by atoms with E-state index in [1.807, 2.05) is 44.2 Å². The Morgan fingerprint density at radius 1 is 1.13 bits per heavy atom. The molecule has 0 spiro atoms. The number of phenols is 1. The molecule has 1 N–H and O–H groups in total. The van der Waals surface area contributed by atoms with E-state index in [9.17, 15) is 9.90 Å². The number of para-hydroxylation sites is 1. The molecule has 0 atom stereocenters. The SMILES string of the molecule is CCn1c(=O)c2c(O)c(C)cc(C(C)(C)C)c2c2ccccc21. The van der Waals surface area contributed by atoms with E-state index in [1.54, 1.807) is 4.57 Å². The number of aromatic hydroxyl groups is 1. The molecule has 3 rings (SSSR count). The van der Waals surface area contributed by atoms with Gasteiger partial charge >= 0.3 is 0 Å². The molecule has 0 bridgehead atoms. The molecule has 0 saturated carbocycles. The molecule has 0 aliphatic carbocycles. The number of hydrogen-bond acceptors (Lipinski definition) is 2. The monoisotopic (exact) mass is 309 g/mol. The highest BCUT2D eigenvalue weighted by Gasteiger charge is 2.24. The Balaban J connectivity index is 2.75. The molecular formula is C20H23NO2. The summed E-state index contributed by atoms with van der Waals surface area (Å²) in [7, 11) is 0. The summed E-state index contributed by atoms with van der Waals surface area (Å²) in [6, 6.07) is 9.95. The highest BCUT2D eigenvalue weighted by molar-refractivity contribution is 6.10. The minimum absolute atomic E-state index is 0.103. The van der Waals surface area contributed by atoms with Gasteiger partial charge in [-0.3, -0.25) is 4.79 Å². The quantitative estimate of drug-likeness (QED) is 0.673. The zero-order chi connectivity index (χ0) is 16.9. The van der Waals surface area contributed by atoms with E-state index in [0.717, 1.165) is 27.4 Å². The molecule has 3 heteroatoms. The van der Waals surface area contributed by atoms with E-state index in [2.05, 4.69) is 20.8 Å². The highest BCUT2D eigenvalue weighted by Crippen LogP contribution is 2.39. The molecule has 1 heterocycles. The third-order valence-corrected chi connectivity index (χ3v) is 4.54. The molecule has 23 heavy (non-hydrogen) atoms. The van der Waals surface area contributed by atoms with Crippen LogP contribution in [0.1, 0.15) is 38.8 Å². The van der Waals surface area contributed by atoms with E-state index in [0.29, 0.717) is 11.9 Å². The molecule has 0 aliphatic rings. The summed E-state index contributed by atoms with van der Waals surface area (Å²) in [5, 5.41) is 12.9. The van der Waals surface area contributed by atoms with Crippen LogP contribution in [0.3, 0.4) is 0 Å². The largest absolute Gasteiger partial charge is 0.507 e. The van der Waals surface area contributed by atoms with E-state index in [1.165, 1.54) is 0 Å². The lowest BCUT2D eigenvalue weighted by Crippen LogP contribution is -2.22. The van der Waals surface area contributed by atoms with E-state index >= 15 is 0 Å². The average molecular weight is 309 g/mol. The number of hydrogen-bond donors (Lipinski definition) is 1. The first kappa shape index (κ1) is 15.6. The van der Waals surface area contributed by atoms with Crippen molar-refractivity contribution in [2.24, 2.45) is 0 Å². The van der Waals surface area contributed by atoms with Gasteiger partial charge in [0.15, 0.2) is 0 Å². The fraction of sp³-hybridized carbons (Fsp3) is 0.350. The molecule has 2 aromatic carbocycles. The van der Waals surface area contributed by atoms with Crippen molar-refractivity contribution in [3.63, 3.8) is 0 Å². The first-order valence-electron chi connectivity index (χ1n) is 8.05. The van der Waals surface area contributed by atoms with Crippen LogP contribution in [-0.4, -0.2) is 9.67 Å². The van der Waals surface area contributed by atoms with Crippen LogP contribution < -0.4 is 5.56 Å². The van der Waals surface area contributed by atoms with Gasteiger partial charge in [0.2, 0.25) is 0 Å². The molecule has 0 aliphatic heterocycles. The molecule has 0 amide bonds. The Labute approximate surface area is 136 Å². The standard InChI is InChI=1S/C20H23NO2/c1-6-21-15-10-8-7-9-13(15)16-14(20(3,4)5)11-12(2)18(22)17(16)19(21)23/h7-11,22H,6H2,1-5H3. The Bertz CT molecular complexity index is 975. The third-order valence-electron chi connectivity index (χ3n) is 4.54. The molecule has 0 unspecified atom stereocenters. The zero-order valence-electron chi connectivity index (χ0n) is 14.4. The summed E-state index contributed by atoms with van der Waals surface area (Å²) in [6.07, 6.45) is 0. The van der Waals surface area contributed by atoms with Gasteiger partial charge in [-0.15, -0.1) is 0 Å². The Hall–Kier alpha value is -2.29. The van der Waals surface area contributed by atoms with Crippen molar-refractivity contribution >= 4 is 21.7 Å². The van der Waals surface area contributed by atoms with Crippen molar-refractivity contribution in [2.45, 2.75) is 46.6 Å². The summed E-state index contributed by atoms with van der Waals surface area (Å²) in [5.74, 6) is 0.103. The van der Waals surface area contributed by atoms with E-state index in [4.69, 9.17) is 0 Å². The molecule has 0 fully saturated rings. The van der Waals surface area contributed by atoms with Crippen LogP contribution in [0.2, 0.25) is 0 Å². The molecule has 0 saturated heterocycles. The van der Waals surface area contributed by atoms with Gasteiger partial charge in [-0.2, -0.15) is 0 Å². The second-order valence-corrected chi connectivity index (χ2v) is 7.16. The van der Waals surface area contributed by atoms with Crippen LogP contribution >= 0.6 is 0 Å². The van der Waals surface area contributed by atoms with Gasteiger partial charge in [-0.25, -0.2) is 0 Å². The minimum Gasteiger partial charge on any atom is -0.507 e. The maximum Gasteiger partial charge on any atom is 0.262 e. The predicted molar refractivity (Wildman–Crippen MR) is 96.5 cm³/mol. The number of aryl methyl sites for hydroxylation is 2. The lowest BCUT2D eigenvalue weighted by molar-refractivity contribution is 0.476. The van der Waals surface area contributed by atoms with Crippen LogP contribution in [0.4, 0.5) is 0 Å². The molecule has 0 radical (unpaired) electrons. The lowest BCUT2D eigenvalue weighted by atomic mass is 9.81. The van der Waals surface area contributed by atoms with Gasteiger partial charge in [0, 0.05) is 17.3 Å². The van der Waals surface area contributed by atoms with Crippen LogP contribution in [0, 0.1) is 6.92 Å². The third kappa shape index (κ3) is 2.23. The molecule has 1 aromatic heterocycles. The summed E-state index contributed by atoms with van der Waals surface area (Å²) in [6.45, 7) is 10.8.